The summed E-state index contributed by atoms with van der Waals surface area (Å²) in [6, 6.07) is 0. The molecule has 0 saturated carbocycles. The molecule has 0 spiro atoms. The van der Waals surface area contributed by atoms with Crippen molar-refractivity contribution >= 4 is 72.3 Å². The Balaban J connectivity index is -0.000000529. The van der Waals surface area contributed by atoms with Crippen LogP contribution in [0.2, 0.25) is 0 Å². The van der Waals surface area contributed by atoms with E-state index < -0.39 is 0 Å². The molecule has 33 heavy (non-hydrogen) atoms. The van der Waals surface area contributed by atoms with Gasteiger partial charge >= 0.3 is 37.7 Å². The van der Waals surface area contributed by atoms with E-state index in [9.17, 15) is 10.2 Å². The van der Waals surface area contributed by atoms with Gasteiger partial charge in [0.15, 0.2) is 0 Å². The minimum absolute atomic E-state index is 0. The predicted octanol–water partition coefficient (Wildman–Crippen LogP) is 8.08. The van der Waals surface area contributed by atoms with E-state index in [2.05, 4.69) is 52.1 Å². The molecule has 0 bridgehead atoms. The summed E-state index contributed by atoms with van der Waals surface area (Å²) in [6.07, 6.45) is 24.6. The molecule has 5 heteroatoms. The molecule has 0 aliphatic rings. The molecule has 0 fully saturated rings. The fourth-order valence-corrected chi connectivity index (χ4v) is 4.62. The van der Waals surface area contributed by atoms with Crippen LogP contribution in [0.3, 0.4) is 0 Å². The van der Waals surface area contributed by atoms with Crippen LogP contribution in [0.5, 0.6) is 0 Å². The third-order valence-electron chi connectivity index (χ3n) is 6.50. The Kier molecular flexibility index (Phi) is 36.3. The fourth-order valence-electron chi connectivity index (χ4n) is 4.15. The largest absolute Gasteiger partial charge is 2.00 e. The van der Waals surface area contributed by atoms with Gasteiger partial charge in [-0.2, -0.15) is 0 Å². The van der Waals surface area contributed by atoms with Crippen LogP contribution in [0.1, 0.15) is 156 Å². The third-order valence-corrected chi connectivity index (χ3v) is 6.83. The van der Waals surface area contributed by atoms with E-state index in [0.29, 0.717) is 24.7 Å². The molecule has 0 aromatic heterocycles. The normalized spacial score (nSPS) is 12.2. The summed E-state index contributed by atoms with van der Waals surface area (Å²) in [5, 5.41) is 21.5. The van der Waals surface area contributed by atoms with Crippen molar-refractivity contribution < 1.29 is 10.2 Å². The van der Waals surface area contributed by atoms with Crippen LogP contribution in [-0.4, -0.2) is 47.8 Å². The molecule has 0 aliphatic carbocycles. The maximum absolute atomic E-state index is 10.8. The second-order valence-corrected chi connectivity index (χ2v) is 10.4. The molecular formula is C28H54CaO2S2. The number of rotatable bonds is 22. The predicted molar refractivity (Wildman–Crippen MR) is 153 cm³/mol. The third kappa shape index (κ3) is 33.0. The second-order valence-electron chi connectivity index (χ2n) is 9.52. The van der Waals surface area contributed by atoms with Crippen LogP contribution in [0.4, 0.5) is 0 Å². The molecule has 0 amide bonds. The molecule has 0 heterocycles. The van der Waals surface area contributed by atoms with E-state index in [1.807, 2.05) is 0 Å². The van der Waals surface area contributed by atoms with Crippen molar-refractivity contribution in [1.29, 1.82) is 0 Å². The maximum atomic E-state index is 10.8. The summed E-state index contributed by atoms with van der Waals surface area (Å²) in [5.74, 6) is 1.08. The average molecular weight is 527 g/mol. The molecule has 0 N–H and O–H groups in total. The van der Waals surface area contributed by atoms with Crippen molar-refractivity contribution in [3.05, 3.63) is 0 Å². The zero-order chi connectivity index (χ0) is 24.5. The Morgan fingerprint density at radius 3 is 1.03 bits per heavy atom. The van der Waals surface area contributed by atoms with Gasteiger partial charge in [0, 0.05) is 0 Å². The van der Waals surface area contributed by atoms with E-state index in [4.69, 9.17) is 0 Å². The van der Waals surface area contributed by atoms with Gasteiger partial charge in [-0.1, -0.05) is 153 Å². The average Bonchev–Trinajstić information content (AvgIpc) is 2.76. The van der Waals surface area contributed by atoms with Crippen molar-refractivity contribution in [2.75, 3.05) is 0 Å². The van der Waals surface area contributed by atoms with Gasteiger partial charge in [0.1, 0.15) is 0 Å². The molecule has 0 aromatic rings. The van der Waals surface area contributed by atoms with E-state index >= 15 is 0 Å². The van der Waals surface area contributed by atoms with Crippen LogP contribution in [0, 0.1) is 11.8 Å². The molecule has 192 valence electrons. The van der Waals surface area contributed by atoms with Crippen molar-refractivity contribution in [2.45, 2.75) is 156 Å². The van der Waals surface area contributed by atoms with Crippen LogP contribution in [0.25, 0.3) is 0 Å². The topological polar surface area (TPSA) is 46.1 Å². The van der Waals surface area contributed by atoms with E-state index in [0.717, 1.165) is 12.8 Å². The fraction of sp³-hybridized carbons (Fsp3) is 0.929. The zero-order valence-electron chi connectivity index (χ0n) is 22.6. The first kappa shape index (κ1) is 38.6. The van der Waals surface area contributed by atoms with Gasteiger partial charge in [0.2, 0.25) is 0 Å². The Morgan fingerprint density at radius 2 is 0.788 bits per heavy atom. The molecule has 0 aliphatic heterocycles. The van der Waals surface area contributed by atoms with Crippen LogP contribution in [0.15, 0.2) is 0 Å². The summed E-state index contributed by atoms with van der Waals surface area (Å²) >= 11 is 9.26. The first-order valence-corrected chi connectivity index (χ1v) is 14.6. The van der Waals surface area contributed by atoms with Crippen molar-refractivity contribution in [1.82, 2.24) is 0 Å². The van der Waals surface area contributed by atoms with Gasteiger partial charge in [0.05, 0.1) is 0 Å². The Bertz CT molecular complexity index is 381. The summed E-state index contributed by atoms with van der Waals surface area (Å²) in [4.78, 5) is 0. The molecule has 0 aromatic carbocycles. The van der Waals surface area contributed by atoms with Crippen molar-refractivity contribution in [3.8, 4) is 0 Å². The molecule has 0 saturated heterocycles. The van der Waals surface area contributed by atoms with Gasteiger partial charge in [-0.05, 0) is 24.7 Å². The van der Waals surface area contributed by atoms with Gasteiger partial charge in [-0.3, -0.25) is 0 Å². The monoisotopic (exact) mass is 526 g/mol. The van der Waals surface area contributed by atoms with Crippen molar-refractivity contribution in [3.63, 3.8) is 0 Å². The van der Waals surface area contributed by atoms with Crippen LogP contribution in [-0.2, 0) is 0 Å². The molecular weight excluding hydrogens is 473 g/mol. The minimum Gasteiger partial charge on any atom is -0.867 e. The zero-order valence-corrected chi connectivity index (χ0v) is 26.5. The number of thiocarbonyl (C=S) groups is 2. The first-order valence-electron chi connectivity index (χ1n) is 13.8. The number of hydrogen-bond donors (Lipinski definition) is 0. The first-order chi connectivity index (χ1) is 15.4. The van der Waals surface area contributed by atoms with Crippen LogP contribution >= 0.6 is 24.4 Å². The van der Waals surface area contributed by atoms with Gasteiger partial charge < -0.3 is 10.2 Å². The van der Waals surface area contributed by atoms with Crippen molar-refractivity contribution in [2.24, 2.45) is 11.8 Å². The SMILES string of the molecule is CCCCCCCCCC(CC)CC([O-])=S.CCCCCCCCCC(CC)CC([O-])=S.[Ca+2]. The van der Waals surface area contributed by atoms with Gasteiger partial charge in [-0.15, -0.1) is 24.4 Å². The van der Waals surface area contributed by atoms with Gasteiger partial charge in [-0.25, -0.2) is 0 Å². The Morgan fingerprint density at radius 1 is 0.515 bits per heavy atom. The molecule has 2 atom stereocenters. The van der Waals surface area contributed by atoms with Crippen LogP contribution < -0.4 is 10.2 Å². The Labute approximate surface area is 248 Å². The number of unbranched alkanes of at least 4 members (excludes halogenated alkanes) is 12. The van der Waals surface area contributed by atoms with E-state index in [-0.39, 0.29) is 47.8 Å². The standard InChI is InChI=1S/2C14H28OS.Ca/c2*1-3-5-6-7-8-9-10-11-13(4-2)12-14(15)16;/h2*13H,3-12H2,1-2H3,(H,15,16);/q;;+2/p-2. The van der Waals surface area contributed by atoms with E-state index in [1.165, 1.54) is 103 Å². The smallest absolute Gasteiger partial charge is 0.867 e. The summed E-state index contributed by atoms with van der Waals surface area (Å²) < 4.78 is 0. The van der Waals surface area contributed by atoms with Gasteiger partial charge in [0.25, 0.3) is 0 Å². The second kappa shape index (κ2) is 31.1. The minimum atomic E-state index is -0.0604. The quantitative estimate of drug-likeness (QED) is 0.0812. The molecule has 0 rings (SSSR count). The molecule has 2 nitrogen and oxygen atoms in total. The number of hydrogen-bond acceptors (Lipinski definition) is 4. The summed E-state index contributed by atoms with van der Waals surface area (Å²) in [5.41, 5.74) is 0. The summed E-state index contributed by atoms with van der Waals surface area (Å²) in [7, 11) is 0. The molecule has 0 radical (unpaired) electrons. The van der Waals surface area contributed by atoms with E-state index in [1.54, 1.807) is 0 Å². The maximum Gasteiger partial charge on any atom is 2.00 e. The molecule has 2 unspecified atom stereocenters. The Hall–Kier alpha value is 1.04. The summed E-state index contributed by atoms with van der Waals surface area (Å²) in [6.45, 7) is 8.81.